The molecule has 3 amide bonds. The molecule has 0 bridgehead atoms. The van der Waals surface area contributed by atoms with Gasteiger partial charge in [0.05, 0.1) is 12.2 Å². The third kappa shape index (κ3) is 7.35. The van der Waals surface area contributed by atoms with Crippen LogP contribution in [-0.2, 0) is 11.3 Å². The lowest BCUT2D eigenvalue weighted by molar-refractivity contribution is -0.129. The summed E-state index contributed by atoms with van der Waals surface area (Å²) >= 11 is 0. The number of amides is 3. The summed E-state index contributed by atoms with van der Waals surface area (Å²) in [4.78, 5) is 32.9. The van der Waals surface area contributed by atoms with E-state index in [0.717, 1.165) is 72.9 Å². The third-order valence-electron chi connectivity index (χ3n) is 7.15. The molecule has 1 saturated heterocycles. The molecular formula is C29H38N10O2. The SMILES string of the molecule is NC(N)=NCCCNCc1ccc(N2C=C3C=C(c4cccc(NCC(=O)N5CCNCC5)c4)NC3NC2=O)cc1. The van der Waals surface area contributed by atoms with Crippen LogP contribution in [0.25, 0.3) is 5.70 Å². The smallest absolute Gasteiger partial charge is 0.327 e. The van der Waals surface area contributed by atoms with Gasteiger partial charge >= 0.3 is 6.03 Å². The molecule has 12 nitrogen and oxygen atoms in total. The number of nitrogens with two attached hydrogens (primary N) is 2. The lowest BCUT2D eigenvalue weighted by Crippen LogP contribution is -2.51. The van der Waals surface area contributed by atoms with Gasteiger partial charge in [0.2, 0.25) is 5.91 Å². The molecule has 1 fully saturated rings. The molecule has 41 heavy (non-hydrogen) atoms. The van der Waals surface area contributed by atoms with Crippen LogP contribution in [0, 0.1) is 0 Å². The van der Waals surface area contributed by atoms with Crippen LogP contribution < -0.4 is 43.0 Å². The van der Waals surface area contributed by atoms with E-state index in [2.05, 4.69) is 31.6 Å². The zero-order valence-corrected chi connectivity index (χ0v) is 23.0. The highest BCUT2D eigenvalue weighted by molar-refractivity contribution is 5.96. The van der Waals surface area contributed by atoms with Gasteiger partial charge in [-0.05, 0) is 54.4 Å². The Kier molecular flexibility index (Phi) is 9.02. The van der Waals surface area contributed by atoms with Crippen LogP contribution in [0.3, 0.4) is 0 Å². The molecule has 12 heteroatoms. The normalized spacial score (nSPS) is 18.0. The van der Waals surface area contributed by atoms with Gasteiger partial charge in [-0.25, -0.2) is 4.79 Å². The highest BCUT2D eigenvalue weighted by Gasteiger charge is 2.31. The summed E-state index contributed by atoms with van der Waals surface area (Å²) in [6, 6.07) is 15.6. The molecule has 0 saturated carbocycles. The van der Waals surface area contributed by atoms with Gasteiger partial charge < -0.3 is 43.0 Å². The fraction of sp³-hybridized carbons (Fsp3) is 0.345. The standard InChI is InChI=1S/C29H38N10O2/c30-28(31)34-10-2-9-33-17-20-5-7-24(8-6-20)39-19-22-16-25(36-27(22)37-29(39)41)21-3-1-4-23(15-21)35-18-26(40)38-13-11-32-12-14-38/h1,3-8,15-16,19,27,32-33,35-36H,2,9-14,17-18H2,(H,37,41)(H4,30,31,34). The van der Waals surface area contributed by atoms with E-state index in [1.807, 2.05) is 65.7 Å². The monoisotopic (exact) mass is 558 g/mol. The van der Waals surface area contributed by atoms with Gasteiger partial charge in [-0.3, -0.25) is 14.7 Å². The van der Waals surface area contributed by atoms with E-state index in [1.54, 1.807) is 4.90 Å². The maximum Gasteiger partial charge on any atom is 0.327 e. The zero-order valence-electron chi connectivity index (χ0n) is 23.0. The predicted molar refractivity (Wildman–Crippen MR) is 162 cm³/mol. The van der Waals surface area contributed by atoms with Crippen molar-refractivity contribution in [3.63, 3.8) is 0 Å². The number of piperazine rings is 1. The van der Waals surface area contributed by atoms with Gasteiger partial charge in [0, 0.05) is 62.4 Å². The average molecular weight is 559 g/mol. The molecule has 2 aromatic rings. The molecule has 0 aromatic heterocycles. The lowest BCUT2D eigenvalue weighted by atomic mass is 10.1. The Bertz CT molecular complexity index is 1330. The number of anilines is 2. The minimum absolute atomic E-state index is 0.0953. The van der Waals surface area contributed by atoms with E-state index in [1.165, 1.54) is 0 Å². The van der Waals surface area contributed by atoms with Crippen molar-refractivity contribution in [1.82, 2.24) is 26.2 Å². The number of nitrogens with one attached hydrogen (secondary N) is 5. The summed E-state index contributed by atoms with van der Waals surface area (Å²) in [5.74, 6) is 0.208. The molecule has 1 atom stereocenters. The van der Waals surface area contributed by atoms with Crippen LogP contribution in [0.15, 0.2) is 71.4 Å². The van der Waals surface area contributed by atoms with Gasteiger partial charge in [0.15, 0.2) is 5.96 Å². The first-order chi connectivity index (χ1) is 20.0. The number of nitrogens with zero attached hydrogens (tertiary/aromatic N) is 3. The van der Waals surface area contributed by atoms with Crippen molar-refractivity contribution in [2.75, 3.05) is 56.0 Å². The Labute approximate surface area is 239 Å². The number of carbonyl (C=O) groups excluding carboxylic acids is 2. The molecular weight excluding hydrogens is 520 g/mol. The van der Waals surface area contributed by atoms with Crippen molar-refractivity contribution in [3.8, 4) is 0 Å². The second-order valence-electron chi connectivity index (χ2n) is 10.2. The van der Waals surface area contributed by atoms with Crippen molar-refractivity contribution in [1.29, 1.82) is 0 Å². The Morgan fingerprint density at radius 3 is 2.66 bits per heavy atom. The minimum atomic E-state index is -0.304. The molecule has 1 unspecified atom stereocenters. The van der Waals surface area contributed by atoms with E-state index in [4.69, 9.17) is 11.5 Å². The van der Waals surface area contributed by atoms with Crippen LogP contribution in [0.2, 0.25) is 0 Å². The van der Waals surface area contributed by atoms with Crippen molar-refractivity contribution >= 4 is 35.0 Å². The van der Waals surface area contributed by atoms with Crippen molar-refractivity contribution in [3.05, 3.63) is 77.5 Å². The van der Waals surface area contributed by atoms with Crippen molar-refractivity contribution in [2.24, 2.45) is 16.5 Å². The summed E-state index contributed by atoms with van der Waals surface area (Å²) < 4.78 is 0. The molecule has 0 radical (unpaired) electrons. The average Bonchev–Trinajstić information content (AvgIpc) is 3.41. The Morgan fingerprint density at radius 2 is 1.88 bits per heavy atom. The number of hydrogen-bond acceptors (Lipinski definition) is 7. The second kappa shape index (κ2) is 13.2. The molecule has 216 valence electrons. The first-order valence-corrected chi connectivity index (χ1v) is 13.9. The van der Waals surface area contributed by atoms with Gasteiger partial charge in [-0.2, -0.15) is 0 Å². The molecule has 9 N–H and O–H groups in total. The van der Waals surface area contributed by atoms with E-state index in [0.29, 0.717) is 13.1 Å². The van der Waals surface area contributed by atoms with Crippen LogP contribution in [0.4, 0.5) is 16.2 Å². The molecule has 2 aromatic carbocycles. The summed E-state index contributed by atoms with van der Waals surface area (Å²) in [6.45, 7) is 5.50. The topological polar surface area (TPSA) is 165 Å². The first kappa shape index (κ1) is 28.0. The maximum atomic E-state index is 12.9. The molecule has 5 rings (SSSR count). The van der Waals surface area contributed by atoms with Gasteiger partial charge in [-0.15, -0.1) is 0 Å². The predicted octanol–water partition coefficient (Wildman–Crippen LogP) is 0.667. The Morgan fingerprint density at radius 1 is 1.07 bits per heavy atom. The number of rotatable bonds is 11. The number of benzene rings is 2. The third-order valence-corrected chi connectivity index (χ3v) is 7.15. The molecule has 3 aliphatic heterocycles. The maximum absolute atomic E-state index is 12.9. The number of aliphatic imine (C=N–C) groups is 1. The number of carbonyl (C=O) groups is 2. The Hall–Kier alpha value is -4.55. The van der Waals surface area contributed by atoms with Crippen LogP contribution >= 0.6 is 0 Å². The largest absolute Gasteiger partial charge is 0.376 e. The molecule has 0 spiro atoms. The summed E-state index contributed by atoms with van der Waals surface area (Å²) in [5.41, 5.74) is 16.3. The van der Waals surface area contributed by atoms with E-state index < -0.39 is 0 Å². The van der Waals surface area contributed by atoms with Crippen LogP contribution in [0.5, 0.6) is 0 Å². The fourth-order valence-electron chi connectivity index (χ4n) is 4.94. The number of guanidine groups is 1. The molecule has 3 heterocycles. The van der Waals surface area contributed by atoms with Gasteiger partial charge in [-0.1, -0.05) is 24.3 Å². The number of urea groups is 1. The zero-order chi connectivity index (χ0) is 28.6. The quantitative estimate of drug-likeness (QED) is 0.120. The van der Waals surface area contributed by atoms with Crippen molar-refractivity contribution in [2.45, 2.75) is 19.1 Å². The fourth-order valence-corrected chi connectivity index (χ4v) is 4.94. The molecule has 0 aliphatic carbocycles. The minimum Gasteiger partial charge on any atom is -0.376 e. The summed E-state index contributed by atoms with van der Waals surface area (Å²) in [6.07, 6.45) is 4.46. The number of fused-ring (bicyclic) bond motifs is 1. The van der Waals surface area contributed by atoms with E-state index >= 15 is 0 Å². The summed E-state index contributed by atoms with van der Waals surface area (Å²) in [7, 11) is 0. The molecule has 3 aliphatic rings. The van der Waals surface area contributed by atoms with Crippen LogP contribution in [0.1, 0.15) is 17.5 Å². The highest BCUT2D eigenvalue weighted by Crippen LogP contribution is 2.29. The van der Waals surface area contributed by atoms with Gasteiger partial charge in [0.25, 0.3) is 0 Å². The first-order valence-electron chi connectivity index (χ1n) is 13.9. The highest BCUT2D eigenvalue weighted by atomic mass is 16.2. The summed E-state index contributed by atoms with van der Waals surface area (Å²) in [5, 5.41) is 16.3. The van der Waals surface area contributed by atoms with Gasteiger partial charge in [0.1, 0.15) is 6.17 Å². The number of hydrogen-bond donors (Lipinski definition) is 7. The van der Waals surface area contributed by atoms with E-state index in [9.17, 15) is 9.59 Å². The van der Waals surface area contributed by atoms with Crippen LogP contribution in [-0.4, -0.2) is 74.8 Å². The van der Waals surface area contributed by atoms with Crippen molar-refractivity contribution < 1.29 is 9.59 Å². The Balaban J connectivity index is 1.18. The second-order valence-corrected chi connectivity index (χ2v) is 10.2. The lowest BCUT2D eigenvalue weighted by Gasteiger charge is -2.29. The van der Waals surface area contributed by atoms with E-state index in [-0.39, 0.29) is 30.6 Å².